The van der Waals surface area contributed by atoms with E-state index in [1.807, 2.05) is 30.0 Å². The number of hydrogen-bond donors (Lipinski definition) is 1. The van der Waals surface area contributed by atoms with Gasteiger partial charge in [0.2, 0.25) is 0 Å². The molecule has 0 aliphatic carbocycles. The number of aromatic nitrogens is 4. The van der Waals surface area contributed by atoms with Crippen LogP contribution in [0.25, 0.3) is 5.69 Å². The second kappa shape index (κ2) is 8.10. The summed E-state index contributed by atoms with van der Waals surface area (Å²) in [7, 11) is 0. The van der Waals surface area contributed by atoms with Crippen molar-refractivity contribution in [1.29, 1.82) is 5.26 Å². The number of hydrogen-bond acceptors (Lipinski definition) is 6. The van der Waals surface area contributed by atoms with Gasteiger partial charge in [0, 0.05) is 30.9 Å². The number of para-hydroxylation sites is 1. The van der Waals surface area contributed by atoms with Crippen LogP contribution in [-0.2, 0) is 0 Å². The van der Waals surface area contributed by atoms with Gasteiger partial charge in [-0.2, -0.15) is 20.3 Å². The number of nitriles is 1. The van der Waals surface area contributed by atoms with Crippen LogP contribution in [0.4, 0.5) is 5.82 Å². The first-order valence-electron chi connectivity index (χ1n) is 9.54. The molecule has 1 atom stereocenters. The fourth-order valence-electron chi connectivity index (χ4n) is 3.61. The SMILES string of the molecule is Cc1c(C#N)ccnc1N[C@@H]1CCCN(C(=O)c2ccccc2-n2nccn2)C1. The van der Waals surface area contributed by atoms with Gasteiger partial charge >= 0.3 is 0 Å². The fourth-order valence-corrected chi connectivity index (χ4v) is 3.61. The van der Waals surface area contributed by atoms with Crippen LogP contribution in [0.1, 0.15) is 34.3 Å². The van der Waals surface area contributed by atoms with Crippen LogP contribution in [-0.4, -0.2) is 49.9 Å². The second-order valence-corrected chi connectivity index (χ2v) is 7.01. The Morgan fingerprint density at radius 3 is 2.79 bits per heavy atom. The van der Waals surface area contributed by atoms with Crippen molar-refractivity contribution in [1.82, 2.24) is 24.9 Å². The minimum absolute atomic E-state index is 0.0418. The zero-order chi connectivity index (χ0) is 20.2. The summed E-state index contributed by atoms with van der Waals surface area (Å²) in [6.45, 7) is 3.15. The summed E-state index contributed by atoms with van der Waals surface area (Å²) >= 11 is 0. The van der Waals surface area contributed by atoms with Crippen LogP contribution in [0.3, 0.4) is 0 Å². The monoisotopic (exact) mass is 387 g/mol. The van der Waals surface area contributed by atoms with E-state index in [-0.39, 0.29) is 11.9 Å². The molecule has 0 bridgehead atoms. The van der Waals surface area contributed by atoms with Crippen LogP contribution < -0.4 is 5.32 Å². The highest BCUT2D eigenvalue weighted by molar-refractivity contribution is 5.97. The summed E-state index contributed by atoms with van der Waals surface area (Å²) in [6.07, 6.45) is 6.64. The molecule has 3 heterocycles. The van der Waals surface area contributed by atoms with E-state index in [9.17, 15) is 10.1 Å². The highest BCUT2D eigenvalue weighted by Gasteiger charge is 2.27. The van der Waals surface area contributed by atoms with Gasteiger partial charge in [0.05, 0.1) is 35.3 Å². The zero-order valence-corrected chi connectivity index (χ0v) is 16.1. The number of pyridine rings is 1. The van der Waals surface area contributed by atoms with Crippen molar-refractivity contribution in [2.24, 2.45) is 0 Å². The van der Waals surface area contributed by atoms with E-state index in [1.54, 1.807) is 30.7 Å². The number of rotatable bonds is 4. The number of carbonyl (C=O) groups is 1. The van der Waals surface area contributed by atoms with Crippen molar-refractivity contribution in [2.75, 3.05) is 18.4 Å². The van der Waals surface area contributed by atoms with Crippen molar-refractivity contribution >= 4 is 11.7 Å². The first-order chi connectivity index (χ1) is 14.2. The van der Waals surface area contributed by atoms with E-state index >= 15 is 0 Å². The largest absolute Gasteiger partial charge is 0.365 e. The second-order valence-electron chi connectivity index (χ2n) is 7.01. The van der Waals surface area contributed by atoms with E-state index in [1.165, 1.54) is 4.80 Å². The molecule has 1 saturated heterocycles. The van der Waals surface area contributed by atoms with Gasteiger partial charge in [-0.25, -0.2) is 4.98 Å². The van der Waals surface area contributed by atoms with E-state index in [2.05, 4.69) is 26.6 Å². The highest BCUT2D eigenvalue weighted by atomic mass is 16.2. The molecular formula is C21H21N7O. The molecule has 0 saturated carbocycles. The summed E-state index contributed by atoms with van der Waals surface area (Å²) in [5.74, 6) is 0.657. The molecule has 1 aliphatic heterocycles. The van der Waals surface area contributed by atoms with E-state index < -0.39 is 0 Å². The Balaban J connectivity index is 1.53. The van der Waals surface area contributed by atoms with Crippen molar-refractivity contribution in [3.63, 3.8) is 0 Å². The van der Waals surface area contributed by atoms with Crippen LogP contribution in [0.5, 0.6) is 0 Å². The van der Waals surface area contributed by atoms with Gasteiger partial charge in [0.1, 0.15) is 5.82 Å². The maximum atomic E-state index is 13.3. The third kappa shape index (κ3) is 3.80. The third-order valence-electron chi connectivity index (χ3n) is 5.14. The standard InChI is InChI=1S/C21H21N7O/c1-15-16(13-22)8-9-23-20(15)26-17-5-4-12-27(14-17)21(29)18-6-2-3-7-19(18)28-24-10-11-25-28/h2-3,6-11,17H,4-5,12,14H2,1H3,(H,23,26)/t17-/m1/s1. The number of anilines is 1. The lowest BCUT2D eigenvalue weighted by atomic mass is 10.0. The minimum Gasteiger partial charge on any atom is -0.365 e. The summed E-state index contributed by atoms with van der Waals surface area (Å²) in [5.41, 5.74) is 2.67. The Morgan fingerprint density at radius 1 is 1.21 bits per heavy atom. The lowest BCUT2D eigenvalue weighted by molar-refractivity contribution is 0.0714. The topological polar surface area (TPSA) is 99.7 Å². The lowest BCUT2D eigenvalue weighted by Crippen LogP contribution is -2.45. The molecule has 1 amide bonds. The van der Waals surface area contributed by atoms with Gasteiger partial charge in [-0.1, -0.05) is 12.1 Å². The van der Waals surface area contributed by atoms with Crippen LogP contribution in [0, 0.1) is 18.3 Å². The number of carbonyl (C=O) groups excluding carboxylic acids is 1. The quantitative estimate of drug-likeness (QED) is 0.738. The molecule has 146 valence electrons. The summed E-state index contributed by atoms with van der Waals surface area (Å²) in [6, 6.07) is 11.3. The Kier molecular flexibility index (Phi) is 5.20. The molecular weight excluding hydrogens is 366 g/mol. The molecule has 29 heavy (non-hydrogen) atoms. The molecule has 8 heteroatoms. The number of piperidine rings is 1. The molecule has 1 fully saturated rings. The number of benzene rings is 1. The summed E-state index contributed by atoms with van der Waals surface area (Å²) < 4.78 is 0. The average molecular weight is 387 g/mol. The number of likely N-dealkylation sites (tertiary alicyclic amines) is 1. The molecule has 1 aromatic carbocycles. The molecule has 1 aliphatic rings. The number of amides is 1. The van der Waals surface area contributed by atoms with Crippen LogP contribution in [0.2, 0.25) is 0 Å². The normalized spacial score (nSPS) is 16.3. The smallest absolute Gasteiger partial charge is 0.256 e. The average Bonchev–Trinajstić information content (AvgIpc) is 3.30. The predicted molar refractivity (Wildman–Crippen MR) is 108 cm³/mol. The van der Waals surface area contributed by atoms with Crippen molar-refractivity contribution in [3.05, 3.63) is 65.6 Å². The third-order valence-corrected chi connectivity index (χ3v) is 5.14. The first kappa shape index (κ1) is 18.6. The van der Waals surface area contributed by atoms with E-state index in [4.69, 9.17) is 0 Å². The molecule has 0 radical (unpaired) electrons. The lowest BCUT2D eigenvalue weighted by Gasteiger charge is -2.34. The van der Waals surface area contributed by atoms with Gasteiger partial charge < -0.3 is 10.2 Å². The molecule has 0 spiro atoms. The molecule has 3 aromatic rings. The predicted octanol–water partition coefficient (Wildman–Crippen LogP) is 2.56. The van der Waals surface area contributed by atoms with Gasteiger partial charge in [-0.05, 0) is 38.0 Å². The van der Waals surface area contributed by atoms with Crippen molar-refractivity contribution in [3.8, 4) is 11.8 Å². The fraction of sp³-hybridized carbons (Fsp3) is 0.286. The van der Waals surface area contributed by atoms with Crippen molar-refractivity contribution < 1.29 is 4.79 Å². The Hall–Kier alpha value is -3.73. The van der Waals surface area contributed by atoms with Gasteiger partial charge in [-0.3, -0.25) is 4.79 Å². The summed E-state index contributed by atoms with van der Waals surface area (Å²) in [4.78, 5) is 20.9. The summed E-state index contributed by atoms with van der Waals surface area (Å²) in [5, 5.41) is 21.0. The minimum atomic E-state index is -0.0418. The van der Waals surface area contributed by atoms with Crippen LogP contribution in [0.15, 0.2) is 48.9 Å². The number of nitrogens with one attached hydrogen (secondary N) is 1. The molecule has 0 unspecified atom stereocenters. The van der Waals surface area contributed by atoms with Crippen LogP contribution >= 0.6 is 0 Å². The zero-order valence-electron chi connectivity index (χ0n) is 16.1. The van der Waals surface area contributed by atoms with Gasteiger partial charge in [-0.15, -0.1) is 0 Å². The van der Waals surface area contributed by atoms with Crippen molar-refractivity contribution in [2.45, 2.75) is 25.8 Å². The first-order valence-corrected chi connectivity index (χ1v) is 9.54. The maximum Gasteiger partial charge on any atom is 0.256 e. The maximum absolute atomic E-state index is 13.3. The Labute approximate surface area is 168 Å². The Bertz CT molecular complexity index is 1060. The van der Waals surface area contributed by atoms with Gasteiger partial charge in [0.15, 0.2) is 0 Å². The molecule has 4 rings (SSSR count). The molecule has 2 aromatic heterocycles. The molecule has 8 nitrogen and oxygen atoms in total. The highest BCUT2D eigenvalue weighted by Crippen LogP contribution is 2.22. The van der Waals surface area contributed by atoms with E-state index in [0.29, 0.717) is 35.7 Å². The van der Waals surface area contributed by atoms with E-state index in [0.717, 1.165) is 18.4 Å². The van der Waals surface area contributed by atoms with Gasteiger partial charge in [0.25, 0.3) is 5.91 Å². The number of nitrogens with zero attached hydrogens (tertiary/aromatic N) is 6. The molecule has 1 N–H and O–H groups in total. The Morgan fingerprint density at radius 2 is 2.00 bits per heavy atom.